The van der Waals surface area contributed by atoms with Crippen LogP contribution in [0.15, 0.2) is 30.4 Å². The smallest absolute Gasteiger partial charge is 0.160 e. The molecule has 1 aromatic carbocycles. The highest BCUT2D eigenvalue weighted by atomic mass is 16.5. The molecule has 0 aliphatic rings. The predicted octanol–water partition coefficient (Wildman–Crippen LogP) is 3.79. The number of hydrogen-bond acceptors (Lipinski definition) is 4. The Balaban J connectivity index is 2.34. The quantitative estimate of drug-likeness (QED) is 0.481. The molecule has 1 aromatic rings. The van der Waals surface area contributed by atoms with Crippen LogP contribution in [0.1, 0.15) is 51.0 Å². The van der Waals surface area contributed by atoms with Gasteiger partial charge in [-0.25, -0.2) is 0 Å². The van der Waals surface area contributed by atoms with Gasteiger partial charge in [0, 0.05) is 6.42 Å². The van der Waals surface area contributed by atoms with E-state index in [1.165, 1.54) is 26.0 Å². The predicted molar refractivity (Wildman–Crippen MR) is 91.9 cm³/mol. The Bertz CT molecular complexity index is 508. The summed E-state index contributed by atoms with van der Waals surface area (Å²) in [6.07, 6.45) is 8.65. The van der Waals surface area contributed by atoms with Crippen LogP contribution in [0.3, 0.4) is 0 Å². The Morgan fingerprint density at radius 3 is 2.78 bits per heavy atom. The third-order valence-corrected chi connectivity index (χ3v) is 3.76. The van der Waals surface area contributed by atoms with Gasteiger partial charge in [0.05, 0.1) is 13.2 Å². The van der Waals surface area contributed by atoms with Gasteiger partial charge in [-0.3, -0.25) is 4.79 Å². The number of ketones is 1. The summed E-state index contributed by atoms with van der Waals surface area (Å²) in [6.45, 7) is 2.15. The van der Waals surface area contributed by atoms with Crippen LogP contribution in [0.2, 0.25) is 0 Å². The number of benzene rings is 1. The molecule has 0 heterocycles. The zero-order valence-electron chi connectivity index (χ0n) is 14.1. The molecule has 0 bridgehead atoms. The molecule has 0 saturated carbocycles. The molecule has 23 heavy (non-hydrogen) atoms. The van der Waals surface area contributed by atoms with Crippen LogP contribution in [-0.4, -0.2) is 29.2 Å². The van der Waals surface area contributed by atoms with E-state index in [0.29, 0.717) is 25.0 Å². The summed E-state index contributed by atoms with van der Waals surface area (Å²) in [6, 6.07) is 5.07. The van der Waals surface area contributed by atoms with Gasteiger partial charge in [0.2, 0.25) is 0 Å². The average Bonchev–Trinajstić information content (AvgIpc) is 2.56. The van der Waals surface area contributed by atoms with Gasteiger partial charge in [0.15, 0.2) is 17.3 Å². The van der Waals surface area contributed by atoms with Crippen molar-refractivity contribution in [2.75, 3.05) is 7.11 Å². The van der Waals surface area contributed by atoms with Crippen molar-refractivity contribution in [2.24, 2.45) is 0 Å². The van der Waals surface area contributed by atoms with E-state index >= 15 is 0 Å². The second-order valence-electron chi connectivity index (χ2n) is 5.75. The van der Waals surface area contributed by atoms with E-state index in [-0.39, 0.29) is 11.5 Å². The number of phenols is 1. The van der Waals surface area contributed by atoms with E-state index in [1.807, 2.05) is 0 Å². The van der Waals surface area contributed by atoms with Gasteiger partial charge in [0.25, 0.3) is 0 Å². The summed E-state index contributed by atoms with van der Waals surface area (Å²) in [5.41, 5.74) is 0.932. The molecule has 0 aliphatic heterocycles. The number of ether oxygens (including phenoxy) is 1. The van der Waals surface area contributed by atoms with Crippen molar-refractivity contribution in [2.45, 2.75) is 58.0 Å². The fraction of sp³-hybridized carbons (Fsp3) is 0.526. The fourth-order valence-electron chi connectivity index (χ4n) is 2.32. The first-order valence-electron chi connectivity index (χ1n) is 8.31. The van der Waals surface area contributed by atoms with Crippen LogP contribution < -0.4 is 4.74 Å². The monoisotopic (exact) mass is 320 g/mol. The number of phenolic OH excluding ortho intramolecular Hbond substituents is 1. The minimum Gasteiger partial charge on any atom is -0.504 e. The molecule has 0 fully saturated rings. The van der Waals surface area contributed by atoms with Gasteiger partial charge in [-0.1, -0.05) is 44.7 Å². The van der Waals surface area contributed by atoms with E-state index in [2.05, 4.69) is 6.92 Å². The largest absolute Gasteiger partial charge is 0.504 e. The SMILES string of the molecule is CCCCCCC(O)/C=C/C(=O)CCc1ccc(O)c(OC)c1. The maximum atomic E-state index is 11.8. The van der Waals surface area contributed by atoms with E-state index in [0.717, 1.165) is 18.4 Å². The molecule has 1 atom stereocenters. The summed E-state index contributed by atoms with van der Waals surface area (Å²) < 4.78 is 5.04. The molecule has 0 spiro atoms. The molecule has 128 valence electrons. The lowest BCUT2D eigenvalue weighted by atomic mass is 10.1. The molecular formula is C19H28O4. The van der Waals surface area contributed by atoms with Crippen molar-refractivity contribution in [1.29, 1.82) is 0 Å². The highest BCUT2D eigenvalue weighted by molar-refractivity contribution is 5.89. The van der Waals surface area contributed by atoms with Crippen LogP contribution in [0.4, 0.5) is 0 Å². The molecule has 0 radical (unpaired) electrons. The zero-order valence-corrected chi connectivity index (χ0v) is 14.1. The first-order valence-corrected chi connectivity index (χ1v) is 8.31. The number of carbonyl (C=O) groups excluding carboxylic acids is 1. The zero-order chi connectivity index (χ0) is 17.1. The van der Waals surface area contributed by atoms with E-state index in [4.69, 9.17) is 4.74 Å². The lowest BCUT2D eigenvalue weighted by Crippen LogP contribution is -2.04. The lowest BCUT2D eigenvalue weighted by molar-refractivity contribution is -0.114. The van der Waals surface area contributed by atoms with Crippen molar-refractivity contribution in [3.05, 3.63) is 35.9 Å². The fourth-order valence-corrected chi connectivity index (χ4v) is 2.32. The highest BCUT2D eigenvalue weighted by Gasteiger charge is 2.05. The van der Waals surface area contributed by atoms with Crippen molar-refractivity contribution < 1.29 is 19.7 Å². The lowest BCUT2D eigenvalue weighted by Gasteiger charge is -2.06. The summed E-state index contributed by atoms with van der Waals surface area (Å²) >= 11 is 0. The number of aliphatic hydroxyl groups is 1. The van der Waals surface area contributed by atoms with Crippen molar-refractivity contribution in [1.82, 2.24) is 0 Å². The second-order valence-corrected chi connectivity index (χ2v) is 5.75. The van der Waals surface area contributed by atoms with Crippen LogP contribution in [0.5, 0.6) is 11.5 Å². The molecule has 0 saturated heterocycles. The molecular weight excluding hydrogens is 292 g/mol. The number of hydrogen-bond donors (Lipinski definition) is 2. The number of methoxy groups -OCH3 is 1. The Hall–Kier alpha value is -1.81. The minimum absolute atomic E-state index is 0.00958. The Morgan fingerprint density at radius 2 is 2.09 bits per heavy atom. The topological polar surface area (TPSA) is 66.8 Å². The Morgan fingerprint density at radius 1 is 1.30 bits per heavy atom. The second kappa shape index (κ2) is 10.8. The van der Waals surface area contributed by atoms with Gasteiger partial charge in [-0.2, -0.15) is 0 Å². The van der Waals surface area contributed by atoms with Crippen LogP contribution >= 0.6 is 0 Å². The van der Waals surface area contributed by atoms with Gasteiger partial charge in [-0.15, -0.1) is 0 Å². The normalized spacial score (nSPS) is 12.5. The van der Waals surface area contributed by atoms with Crippen LogP contribution in [0.25, 0.3) is 0 Å². The number of aryl methyl sites for hydroxylation is 1. The molecule has 2 N–H and O–H groups in total. The third-order valence-electron chi connectivity index (χ3n) is 3.76. The minimum atomic E-state index is -0.537. The van der Waals surface area contributed by atoms with Gasteiger partial charge in [0.1, 0.15) is 0 Å². The molecule has 0 amide bonds. The van der Waals surface area contributed by atoms with Crippen molar-refractivity contribution >= 4 is 5.78 Å². The summed E-state index contributed by atoms with van der Waals surface area (Å²) in [5.74, 6) is 0.492. The van der Waals surface area contributed by atoms with E-state index in [1.54, 1.807) is 24.3 Å². The molecule has 1 unspecified atom stereocenters. The van der Waals surface area contributed by atoms with Gasteiger partial charge >= 0.3 is 0 Å². The molecule has 4 heteroatoms. The maximum absolute atomic E-state index is 11.8. The molecule has 4 nitrogen and oxygen atoms in total. The van der Waals surface area contributed by atoms with Gasteiger partial charge in [-0.05, 0) is 36.6 Å². The average molecular weight is 320 g/mol. The summed E-state index contributed by atoms with van der Waals surface area (Å²) in [5, 5.41) is 19.3. The number of carbonyl (C=O) groups is 1. The summed E-state index contributed by atoms with van der Waals surface area (Å²) in [4.78, 5) is 11.8. The first kappa shape index (κ1) is 19.2. The van der Waals surface area contributed by atoms with E-state index in [9.17, 15) is 15.0 Å². The Kier molecular flexibility index (Phi) is 9.07. The van der Waals surface area contributed by atoms with Gasteiger partial charge < -0.3 is 14.9 Å². The van der Waals surface area contributed by atoms with Crippen molar-refractivity contribution in [3.8, 4) is 11.5 Å². The number of aliphatic hydroxyl groups excluding tert-OH is 1. The number of aromatic hydroxyl groups is 1. The highest BCUT2D eigenvalue weighted by Crippen LogP contribution is 2.26. The first-order chi connectivity index (χ1) is 11.1. The van der Waals surface area contributed by atoms with Crippen LogP contribution in [-0.2, 0) is 11.2 Å². The molecule has 1 rings (SSSR count). The number of rotatable bonds is 11. The number of unbranched alkanes of at least 4 members (excludes halogenated alkanes) is 3. The number of allylic oxidation sites excluding steroid dienone is 1. The van der Waals surface area contributed by atoms with Crippen LogP contribution in [0, 0.1) is 0 Å². The third kappa shape index (κ3) is 7.84. The van der Waals surface area contributed by atoms with E-state index < -0.39 is 6.10 Å². The summed E-state index contributed by atoms with van der Waals surface area (Å²) in [7, 11) is 1.49. The molecule has 0 aromatic heterocycles. The Labute approximate surface area is 138 Å². The maximum Gasteiger partial charge on any atom is 0.160 e. The van der Waals surface area contributed by atoms with Crippen molar-refractivity contribution in [3.63, 3.8) is 0 Å². The standard InChI is InChI=1S/C19H28O4/c1-3-4-5-6-7-16(20)11-12-17(21)10-8-15-9-13-18(22)19(14-15)23-2/h9,11-14,16,20,22H,3-8,10H2,1-2H3/b12-11+. The molecule has 0 aliphatic carbocycles.